The van der Waals surface area contributed by atoms with Gasteiger partial charge < -0.3 is 5.32 Å². The molecule has 0 spiro atoms. The fourth-order valence-electron chi connectivity index (χ4n) is 1.48. The van der Waals surface area contributed by atoms with Crippen molar-refractivity contribution >= 4 is 54.5 Å². The third-order valence-electron chi connectivity index (χ3n) is 2.40. The number of rotatable bonds is 5. The van der Waals surface area contributed by atoms with E-state index in [2.05, 4.69) is 21.2 Å². The Bertz CT molecular complexity index is 721. The molecule has 0 saturated carbocycles. The molecule has 0 radical (unpaired) electrons. The van der Waals surface area contributed by atoms with Crippen molar-refractivity contribution in [1.82, 2.24) is 5.32 Å². The summed E-state index contributed by atoms with van der Waals surface area (Å²) in [6.07, 6.45) is 0.564. The number of hydrogen-bond donors (Lipinski definition) is 2. The molecule has 0 aliphatic heterocycles. The number of nitrogens with two attached hydrogens (primary N) is 1. The minimum Gasteiger partial charge on any atom is -0.351 e. The summed E-state index contributed by atoms with van der Waals surface area (Å²) in [7, 11) is -3.64. The molecule has 108 valence electrons. The zero-order valence-electron chi connectivity index (χ0n) is 10.1. The van der Waals surface area contributed by atoms with E-state index in [1.54, 1.807) is 6.07 Å². The van der Waals surface area contributed by atoms with Gasteiger partial charge >= 0.3 is 0 Å². The van der Waals surface area contributed by atoms with Crippen LogP contribution < -0.4 is 10.5 Å². The summed E-state index contributed by atoms with van der Waals surface area (Å²) in [4.78, 5) is 13.3. The van der Waals surface area contributed by atoms with Gasteiger partial charge in [0.15, 0.2) is 0 Å². The molecular formula is C11H11BrN2O3S3. The molecule has 0 bridgehead atoms. The summed E-state index contributed by atoms with van der Waals surface area (Å²) in [5, 5.41) is 9.66. The van der Waals surface area contributed by atoms with Crippen molar-refractivity contribution in [3.63, 3.8) is 0 Å². The van der Waals surface area contributed by atoms with Crippen molar-refractivity contribution in [1.29, 1.82) is 0 Å². The fraction of sp³-hybridized carbons (Fsp3) is 0.182. The summed E-state index contributed by atoms with van der Waals surface area (Å²) in [5.74, 6) is -0.143. The summed E-state index contributed by atoms with van der Waals surface area (Å²) in [6.45, 7) is 0.438. The first-order valence-corrected chi connectivity index (χ1v) is 9.54. The lowest BCUT2D eigenvalue weighted by molar-refractivity contribution is 0.0957. The maximum atomic E-state index is 11.8. The van der Waals surface area contributed by atoms with E-state index in [0.717, 1.165) is 20.7 Å². The summed E-state index contributed by atoms with van der Waals surface area (Å²) in [5.41, 5.74) is 0. The highest BCUT2D eigenvalue weighted by Gasteiger charge is 2.13. The van der Waals surface area contributed by atoms with E-state index < -0.39 is 10.0 Å². The van der Waals surface area contributed by atoms with Crippen molar-refractivity contribution in [3.8, 4) is 0 Å². The van der Waals surface area contributed by atoms with Gasteiger partial charge in [-0.3, -0.25) is 4.79 Å². The van der Waals surface area contributed by atoms with Crippen molar-refractivity contribution in [2.75, 3.05) is 6.54 Å². The van der Waals surface area contributed by atoms with Gasteiger partial charge in [-0.2, -0.15) is 0 Å². The molecule has 0 aliphatic rings. The van der Waals surface area contributed by atoms with Gasteiger partial charge in [0.05, 0.1) is 0 Å². The van der Waals surface area contributed by atoms with Gasteiger partial charge in [-0.1, -0.05) is 0 Å². The zero-order chi connectivity index (χ0) is 14.8. The fourth-order valence-corrected chi connectivity index (χ4v) is 4.73. The number of carbonyl (C=O) groups excluding carboxylic acids is 1. The average molecular weight is 395 g/mol. The molecule has 2 heterocycles. The average Bonchev–Trinajstić information content (AvgIpc) is 2.97. The Kier molecular flexibility index (Phi) is 4.97. The topological polar surface area (TPSA) is 89.3 Å². The van der Waals surface area contributed by atoms with Crippen LogP contribution in [0.25, 0.3) is 0 Å². The van der Waals surface area contributed by atoms with Gasteiger partial charge in [0, 0.05) is 15.9 Å². The highest BCUT2D eigenvalue weighted by Crippen LogP contribution is 2.23. The van der Waals surface area contributed by atoms with Gasteiger partial charge in [-0.15, -0.1) is 22.7 Å². The first kappa shape index (κ1) is 15.6. The van der Waals surface area contributed by atoms with Crippen LogP contribution >= 0.6 is 38.6 Å². The summed E-state index contributed by atoms with van der Waals surface area (Å²) in [6, 6.07) is 5.00. The third kappa shape index (κ3) is 3.89. The van der Waals surface area contributed by atoms with E-state index in [1.807, 2.05) is 11.4 Å². The number of hydrogen-bond acceptors (Lipinski definition) is 5. The van der Waals surface area contributed by atoms with Crippen molar-refractivity contribution in [3.05, 3.63) is 37.8 Å². The lowest BCUT2D eigenvalue weighted by Gasteiger charge is -2.02. The highest BCUT2D eigenvalue weighted by atomic mass is 79.9. The Morgan fingerprint density at radius 3 is 2.65 bits per heavy atom. The third-order valence-corrected chi connectivity index (χ3v) is 6.82. The predicted octanol–water partition coefficient (Wildman–Crippen LogP) is 2.19. The molecule has 2 rings (SSSR count). The van der Waals surface area contributed by atoms with E-state index in [-0.39, 0.29) is 10.1 Å². The van der Waals surface area contributed by atoms with Crippen LogP contribution in [0.5, 0.6) is 0 Å². The van der Waals surface area contributed by atoms with Crippen molar-refractivity contribution < 1.29 is 13.2 Å². The predicted molar refractivity (Wildman–Crippen MR) is 83.7 cm³/mol. The molecule has 0 aromatic carbocycles. The van der Waals surface area contributed by atoms with Crippen LogP contribution in [0.4, 0.5) is 0 Å². The standard InChI is InChI=1S/C11H11BrN2O3S3/c12-8-4-6-18-10(8)11(15)14-5-3-7-1-2-9(19-7)20(13,16)17/h1-2,4,6H,3,5H2,(H,14,15)(H2,13,16,17). The normalized spacial score (nSPS) is 11.5. The minimum atomic E-state index is -3.64. The lowest BCUT2D eigenvalue weighted by Crippen LogP contribution is -2.24. The van der Waals surface area contributed by atoms with E-state index >= 15 is 0 Å². The molecule has 0 unspecified atom stereocenters. The van der Waals surface area contributed by atoms with Crippen LogP contribution in [0.1, 0.15) is 14.5 Å². The van der Waals surface area contributed by atoms with E-state index in [0.29, 0.717) is 17.8 Å². The number of sulfonamides is 1. The lowest BCUT2D eigenvalue weighted by atomic mass is 10.3. The largest absolute Gasteiger partial charge is 0.351 e. The Balaban J connectivity index is 1.89. The summed E-state index contributed by atoms with van der Waals surface area (Å²) < 4.78 is 23.2. The first-order valence-electron chi connectivity index (χ1n) is 5.50. The maximum absolute atomic E-state index is 11.8. The number of carbonyl (C=O) groups is 1. The number of amides is 1. The summed E-state index contributed by atoms with van der Waals surface area (Å²) >= 11 is 5.78. The van der Waals surface area contributed by atoms with Crippen molar-refractivity contribution in [2.45, 2.75) is 10.6 Å². The highest BCUT2D eigenvalue weighted by molar-refractivity contribution is 9.10. The number of thiophene rings is 2. The molecular weight excluding hydrogens is 384 g/mol. The smallest absolute Gasteiger partial charge is 0.262 e. The van der Waals surface area contributed by atoms with Crippen LogP contribution in [-0.2, 0) is 16.4 Å². The van der Waals surface area contributed by atoms with Gasteiger partial charge in [-0.05, 0) is 45.9 Å². The molecule has 2 aromatic heterocycles. The van der Waals surface area contributed by atoms with Gasteiger partial charge in [-0.25, -0.2) is 13.6 Å². The zero-order valence-corrected chi connectivity index (χ0v) is 14.2. The van der Waals surface area contributed by atoms with E-state index in [1.165, 1.54) is 17.4 Å². The molecule has 1 amide bonds. The monoisotopic (exact) mass is 394 g/mol. The maximum Gasteiger partial charge on any atom is 0.262 e. The van der Waals surface area contributed by atoms with Crippen LogP contribution in [0.2, 0.25) is 0 Å². The molecule has 0 aliphatic carbocycles. The van der Waals surface area contributed by atoms with Gasteiger partial charge in [0.25, 0.3) is 5.91 Å². The van der Waals surface area contributed by atoms with Crippen LogP contribution in [-0.4, -0.2) is 20.9 Å². The molecule has 20 heavy (non-hydrogen) atoms. The van der Waals surface area contributed by atoms with Crippen LogP contribution in [0.3, 0.4) is 0 Å². The molecule has 0 atom stereocenters. The molecule has 2 aromatic rings. The minimum absolute atomic E-state index is 0.139. The Labute approximate surface area is 133 Å². The Morgan fingerprint density at radius 1 is 1.35 bits per heavy atom. The van der Waals surface area contributed by atoms with Gasteiger partial charge in [0.2, 0.25) is 10.0 Å². The molecule has 5 nitrogen and oxygen atoms in total. The van der Waals surface area contributed by atoms with Gasteiger partial charge in [0.1, 0.15) is 9.09 Å². The van der Waals surface area contributed by atoms with Crippen molar-refractivity contribution in [2.24, 2.45) is 5.14 Å². The van der Waals surface area contributed by atoms with Crippen LogP contribution in [0.15, 0.2) is 32.3 Å². The number of halogens is 1. The Morgan fingerprint density at radius 2 is 2.10 bits per heavy atom. The number of nitrogens with one attached hydrogen (secondary N) is 1. The first-order chi connectivity index (χ1) is 9.38. The SMILES string of the molecule is NS(=O)(=O)c1ccc(CCNC(=O)c2sccc2Br)s1. The molecule has 0 fully saturated rings. The van der Waals surface area contributed by atoms with E-state index in [4.69, 9.17) is 5.14 Å². The second-order valence-electron chi connectivity index (χ2n) is 3.87. The molecule has 0 saturated heterocycles. The number of primary sulfonamides is 1. The van der Waals surface area contributed by atoms with E-state index in [9.17, 15) is 13.2 Å². The molecule has 9 heteroatoms. The molecule has 3 N–H and O–H groups in total. The second kappa shape index (κ2) is 6.35. The quantitative estimate of drug-likeness (QED) is 0.814. The Hall–Kier alpha value is -0.740. The second-order valence-corrected chi connectivity index (χ2v) is 8.60. The van der Waals surface area contributed by atoms with Crippen LogP contribution in [0, 0.1) is 0 Å².